The number of piperazine rings is 1. The number of nitrogens with two attached hydrogens (primary N) is 1. The smallest absolute Gasteiger partial charge is 0.254 e. The molecular weight excluding hydrogens is 249 g/mol. The van der Waals surface area contributed by atoms with Crippen molar-refractivity contribution in [3.63, 3.8) is 0 Å². The normalized spacial score (nSPS) is 18.1. The minimum absolute atomic E-state index is 0.0786. The van der Waals surface area contributed by atoms with Crippen LogP contribution in [-0.4, -0.2) is 35.3 Å². The average Bonchev–Trinajstić information content (AvgIpc) is 2.35. The Kier molecular flexibility index (Phi) is 3.18. The maximum Gasteiger partial charge on any atom is 0.254 e. The molecule has 1 saturated heterocycles. The quantitative estimate of drug-likeness (QED) is 0.736. The molecule has 1 aliphatic heterocycles. The van der Waals surface area contributed by atoms with Crippen LogP contribution in [0.15, 0.2) is 18.2 Å². The Morgan fingerprint density at radius 3 is 2.79 bits per heavy atom. The lowest BCUT2D eigenvalue weighted by Gasteiger charge is -2.41. The van der Waals surface area contributed by atoms with Gasteiger partial charge in [0.2, 0.25) is 5.91 Å². The number of halogens is 1. The lowest BCUT2D eigenvalue weighted by Crippen LogP contribution is -2.63. The van der Waals surface area contributed by atoms with Crippen molar-refractivity contribution < 1.29 is 14.0 Å². The molecule has 1 aromatic rings. The van der Waals surface area contributed by atoms with Crippen LogP contribution in [0.1, 0.15) is 24.2 Å². The number of nitrogens with one attached hydrogen (secondary N) is 1. The number of benzene rings is 1. The predicted molar refractivity (Wildman–Crippen MR) is 68.9 cm³/mol. The van der Waals surface area contributed by atoms with E-state index in [-0.39, 0.29) is 23.1 Å². The van der Waals surface area contributed by atoms with Crippen molar-refractivity contribution in [1.82, 2.24) is 10.2 Å². The fraction of sp³-hybridized carbons (Fsp3) is 0.385. The second-order valence-corrected chi connectivity index (χ2v) is 5.01. The highest BCUT2D eigenvalue weighted by molar-refractivity contribution is 6.00. The highest BCUT2D eigenvalue weighted by atomic mass is 19.1. The van der Waals surface area contributed by atoms with Crippen molar-refractivity contribution >= 4 is 17.5 Å². The minimum atomic E-state index is -0.932. The third-order valence-electron chi connectivity index (χ3n) is 3.34. The van der Waals surface area contributed by atoms with Gasteiger partial charge in [-0.15, -0.1) is 0 Å². The number of nitrogen functional groups attached to an aromatic ring is 1. The Labute approximate surface area is 110 Å². The van der Waals surface area contributed by atoms with Crippen molar-refractivity contribution in [2.75, 3.05) is 18.8 Å². The summed E-state index contributed by atoms with van der Waals surface area (Å²) >= 11 is 0. The number of carbonyl (C=O) groups is 2. The molecule has 0 atom stereocenters. The van der Waals surface area contributed by atoms with Gasteiger partial charge in [0.1, 0.15) is 11.4 Å². The fourth-order valence-electron chi connectivity index (χ4n) is 2.09. The largest absolute Gasteiger partial charge is 0.396 e. The Balaban J connectivity index is 2.32. The summed E-state index contributed by atoms with van der Waals surface area (Å²) in [6, 6.07) is 3.82. The van der Waals surface area contributed by atoms with E-state index in [1.165, 1.54) is 17.0 Å². The molecule has 1 fully saturated rings. The van der Waals surface area contributed by atoms with Crippen LogP contribution >= 0.6 is 0 Å². The van der Waals surface area contributed by atoms with Gasteiger partial charge in [0.25, 0.3) is 5.91 Å². The highest BCUT2D eigenvalue weighted by Gasteiger charge is 2.40. The standard InChI is InChI=1S/C13H16FN3O2/c1-13(2)12(19)16-5-6-17(13)11(18)8-3-4-9(14)10(15)7-8/h3-4,7H,5-6,15H2,1-2H3,(H,16,19). The molecule has 0 radical (unpaired) electrons. The summed E-state index contributed by atoms with van der Waals surface area (Å²) in [5.74, 6) is -1.10. The van der Waals surface area contributed by atoms with Gasteiger partial charge in [-0.2, -0.15) is 0 Å². The number of carbonyl (C=O) groups excluding carboxylic acids is 2. The van der Waals surface area contributed by atoms with Crippen LogP contribution in [0.4, 0.5) is 10.1 Å². The minimum Gasteiger partial charge on any atom is -0.396 e. The van der Waals surface area contributed by atoms with Crippen molar-refractivity contribution in [2.24, 2.45) is 0 Å². The van der Waals surface area contributed by atoms with E-state index in [9.17, 15) is 14.0 Å². The third kappa shape index (κ3) is 2.25. The molecule has 3 N–H and O–H groups in total. The molecule has 0 spiro atoms. The van der Waals surface area contributed by atoms with Crippen LogP contribution in [-0.2, 0) is 4.79 Å². The van der Waals surface area contributed by atoms with Crippen LogP contribution < -0.4 is 11.1 Å². The van der Waals surface area contributed by atoms with Gasteiger partial charge in [0.05, 0.1) is 5.69 Å². The first-order valence-electron chi connectivity index (χ1n) is 5.99. The molecule has 102 valence electrons. The maximum absolute atomic E-state index is 13.1. The van der Waals surface area contributed by atoms with Crippen molar-refractivity contribution in [1.29, 1.82) is 0 Å². The molecule has 0 bridgehead atoms. The third-order valence-corrected chi connectivity index (χ3v) is 3.34. The predicted octanol–water partition coefficient (Wildman–Crippen LogP) is 0.758. The Morgan fingerprint density at radius 1 is 1.47 bits per heavy atom. The molecule has 0 aromatic heterocycles. The monoisotopic (exact) mass is 265 g/mol. The summed E-state index contributed by atoms with van der Waals surface area (Å²) in [4.78, 5) is 25.7. The first kappa shape index (κ1) is 13.3. The van der Waals surface area contributed by atoms with Crippen LogP contribution in [0.3, 0.4) is 0 Å². The van der Waals surface area contributed by atoms with Crippen molar-refractivity contribution in [3.8, 4) is 0 Å². The fourth-order valence-corrected chi connectivity index (χ4v) is 2.09. The number of nitrogens with zero attached hydrogens (tertiary/aromatic N) is 1. The summed E-state index contributed by atoms with van der Waals surface area (Å²) in [6.45, 7) is 4.16. The van der Waals surface area contributed by atoms with Crippen LogP contribution in [0.25, 0.3) is 0 Å². The van der Waals surface area contributed by atoms with Gasteiger partial charge in [-0.3, -0.25) is 9.59 Å². The summed E-state index contributed by atoms with van der Waals surface area (Å²) < 4.78 is 13.1. The van der Waals surface area contributed by atoms with Gasteiger partial charge >= 0.3 is 0 Å². The molecule has 1 heterocycles. The number of rotatable bonds is 1. The van der Waals surface area contributed by atoms with E-state index in [1.54, 1.807) is 13.8 Å². The van der Waals surface area contributed by atoms with Crippen LogP contribution in [0.2, 0.25) is 0 Å². The van der Waals surface area contributed by atoms with Gasteiger partial charge in [-0.05, 0) is 32.0 Å². The number of anilines is 1. The first-order chi connectivity index (χ1) is 8.84. The molecule has 1 aliphatic rings. The average molecular weight is 265 g/mol. The van der Waals surface area contributed by atoms with Gasteiger partial charge in [0, 0.05) is 18.7 Å². The van der Waals surface area contributed by atoms with E-state index in [2.05, 4.69) is 5.32 Å². The van der Waals surface area contributed by atoms with Crippen molar-refractivity contribution in [3.05, 3.63) is 29.6 Å². The van der Waals surface area contributed by atoms with Crippen LogP contribution in [0.5, 0.6) is 0 Å². The number of hydrogen-bond donors (Lipinski definition) is 2. The summed E-state index contributed by atoms with van der Waals surface area (Å²) in [7, 11) is 0. The van der Waals surface area contributed by atoms with Gasteiger partial charge in [0.15, 0.2) is 0 Å². The molecule has 2 amide bonds. The zero-order chi connectivity index (χ0) is 14.2. The zero-order valence-electron chi connectivity index (χ0n) is 10.9. The molecule has 2 rings (SSSR count). The lowest BCUT2D eigenvalue weighted by molar-refractivity contribution is -0.133. The molecule has 0 saturated carbocycles. The number of hydrogen-bond acceptors (Lipinski definition) is 3. The van der Waals surface area contributed by atoms with Gasteiger partial charge in [-0.25, -0.2) is 4.39 Å². The summed E-state index contributed by atoms with van der Waals surface area (Å²) in [5.41, 5.74) is 4.73. The summed E-state index contributed by atoms with van der Waals surface area (Å²) in [5, 5.41) is 2.71. The van der Waals surface area contributed by atoms with E-state index in [0.717, 1.165) is 6.07 Å². The molecular formula is C13H16FN3O2. The molecule has 0 aliphatic carbocycles. The molecule has 1 aromatic carbocycles. The lowest BCUT2D eigenvalue weighted by atomic mass is 9.97. The SMILES string of the molecule is CC1(C)C(=O)NCCN1C(=O)c1ccc(F)c(N)c1. The molecule has 6 heteroatoms. The van der Waals surface area contributed by atoms with E-state index in [1.807, 2.05) is 0 Å². The van der Waals surface area contributed by atoms with E-state index < -0.39 is 11.4 Å². The Morgan fingerprint density at radius 2 is 2.16 bits per heavy atom. The van der Waals surface area contributed by atoms with E-state index in [4.69, 9.17) is 5.73 Å². The highest BCUT2D eigenvalue weighted by Crippen LogP contribution is 2.22. The Hall–Kier alpha value is -2.11. The first-order valence-corrected chi connectivity index (χ1v) is 5.99. The van der Waals surface area contributed by atoms with Crippen molar-refractivity contribution in [2.45, 2.75) is 19.4 Å². The second kappa shape index (κ2) is 4.53. The Bertz CT molecular complexity index is 543. The molecule has 5 nitrogen and oxygen atoms in total. The van der Waals surface area contributed by atoms with Gasteiger partial charge < -0.3 is 16.0 Å². The zero-order valence-corrected chi connectivity index (χ0v) is 10.9. The second-order valence-electron chi connectivity index (χ2n) is 5.01. The molecule has 19 heavy (non-hydrogen) atoms. The summed E-state index contributed by atoms with van der Waals surface area (Å²) in [6.07, 6.45) is 0. The molecule has 0 unspecified atom stereocenters. The topological polar surface area (TPSA) is 75.4 Å². The van der Waals surface area contributed by atoms with Crippen LogP contribution in [0, 0.1) is 5.82 Å². The van der Waals surface area contributed by atoms with Gasteiger partial charge in [-0.1, -0.05) is 0 Å². The number of amides is 2. The van der Waals surface area contributed by atoms with E-state index in [0.29, 0.717) is 13.1 Å². The van der Waals surface area contributed by atoms with E-state index >= 15 is 0 Å². The maximum atomic E-state index is 13.1.